The molecule has 26 heavy (non-hydrogen) atoms. The van der Waals surface area contributed by atoms with E-state index < -0.39 is 0 Å². The number of amides is 1. The van der Waals surface area contributed by atoms with Crippen LogP contribution in [0.5, 0.6) is 0 Å². The topological polar surface area (TPSA) is 36.4 Å². The van der Waals surface area contributed by atoms with Crippen molar-refractivity contribution in [3.8, 4) is 0 Å². The van der Waals surface area contributed by atoms with E-state index in [1.165, 1.54) is 5.56 Å². The summed E-state index contributed by atoms with van der Waals surface area (Å²) in [7, 11) is 1.93. The number of aryl methyl sites for hydroxylation is 2. The lowest BCUT2D eigenvalue weighted by atomic mass is 10.0. The minimum absolute atomic E-state index is 0.0774. The van der Waals surface area contributed by atoms with Crippen molar-refractivity contribution in [2.45, 2.75) is 38.6 Å². The second kappa shape index (κ2) is 8.95. The van der Waals surface area contributed by atoms with E-state index in [1.54, 1.807) is 6.20 Å². The molecular weight excluding hydrogens is 322 g/mol. The van der Waals surface area contributed by atoms with Crippen LogP contribution in [0.1, 0.15) is 40.9 Å². The van der Waals surface area contributed by atoms with E-state index in [0.29, 0.717) is 5.56 Å². The van der Waals surface area contributed by atoms with Crippen molar-refractivity contribution in [3.05, 3.63) is 65.5 Å². The molecule has 2 heterocycles. The van der Waals surface area contributed by atoms with Gasteiger partial charge in [0.25, 0.3) is 5.91 Å². The molecule has 1 fully saturated rings. The lowest BCUT2D eigenvalue weighted by Gasteiger charge is -2.37. The Hall–Kier alpha value is -2.20. The molecule has 4 nitrogen and oxygen atoms in total. The van der Waals surface area contributed by atoms with Gasteiger partial charge in [0.1, 0.15) is 0 Å². The van der Waals surface area contributed by atoms with Crippen molar-refractivity contribution in [3.63, 3.8) is 0 Å². The number of carbonyl (C=O) groups is 1. The maximum atomic E-state index is 12.7. The summed E-state index contributed by atoms with van der Waals surface area (Å²) < 4.78 is 0. The minimum Gasteiger partial charge on any atom is -0.337 e. The van der Waals surface area contributed by atoms with E-state index in [2.05, 4.69) is 40.2 Å². The van der Waals surface area contributed by atoms with Crippen LogP contribution in [0.3, 0.4) is 0 Å². The molecule has 3 rings (SSSR count). The van der Waals surface area contributed by atoms with Crippen LogP contribution in [0.25, 0.3) is 0 Å². The zero-order chi connectivity index (χ0) is 18.4. The summed E-state index contributed by atoms with van der Waals surface area (Å²) >= 11 is 0. The van der Waals surface area contributed by atoms with Crippen molar-refractivity contribution >= 4 is 5.91 Å². The van der Waals surface area contributed by atoms with E-state index in [0.717, 1.165) is 51.0 Å². The second-order valence-electron chi connectivity index (χ2n) is 7.29. The van der Waals surface area contributed by atoms with Crippen molar-refractivity contribution < 1.29 is 4.79 Å². The van der Waals surface area contributed by atoms with E-state index in [9.17, 15) is 4.79 Å². The van der Waals surface area contributed by atoms with Gasteiger partial charge in [0.15, 0.2) is 0 Å². The van der Waals surface area contributed by atoms with Gasteiger partial charge in [-0.25, -0.2) is 0 Å². The van der Waals surface area contributed by atoms with Gasteiger partial charge in [0.05, 0.1) is 5.56 Å². The molecule has 0 spiro atoms. The highest BCUT2D eigenvalue weighted by molar-refractivity contribution is 5.94. The normalized spacial score (nSPS) is 17.8. The fourth-order valence-corrected chi connectivity index (χ4v) is 3.67. The number of piperidine rings is 1. The number of rotatable bonds is 6. The Labute approximate surface area is 156 Å². The van der Waals surface area contributed by atoms with Crippen LogP contribution in [-0.4, -0.2) is 53.4 Å². The largest absolute Gasteiger partial charge is 0.337 e. The maximum absolute atomic E-state index is 12.7. The number of likely N-dealkylation sites (tertiary alicyclic amines) is 1. The van der Waals surface area contributed by atoms with E-state index in [-0.39, 0.29) is 11.9 Å². The zero-order valence-corrected chi connectivity index (χ0v) is 15.9. The number of aromatic nitrogens is 1. The van der Waals surface area contributed by atoms with Crippen LogP contribution < -0.4 is 0 Å². The summed E-state index contributed by atoms with van der Waals surface area (Å²) in [5.74, 6) is 0.0774. The average Bonchev–Trinajstić information content (AvgIpc) is 2.68. The molecule has 1 aromatic carbocycles. The summed E-state index contributed by atoms with van der Waals surface area (Å²) in [5, 5.41) is 0. The van der Waals surface area contributed by atoms with Crippen molar-refractivity contribution in [1.29, 1.82) is 0 Å². The second-order valence-corrected chi connectivity index (χ2v) is 7.29. The van der Waals surface area contributed by atoms with Gasteiger partial charge in [-0.3, -0.25) is 9.78 Å². The van der Waals surface area contributed by atoms with Crippen molar-refractivity contribution in [2.24, 2.45) is 0 Å². The number of pyridine rings is 1. The Morgan fingerprint density at radius 3 is 2.77 bits per heavy atom. The monoisotopic (exact) mass is 351 g/mol. The summed E-state index contributed by atoms with van der Waals surface area (Å²) in [4.78, 5) is 21.4. The third-order valence-corrected chi connectivity index (χ3v) is 5.29. The highest BCUT2D eigenvalue weighted by Crippen LogP contribution is 2.18. The smallest absolute Gasteiger partial charge is 0.255 e. The first-order valence-electron chi connectivity index (χ1n) is 9.59. The molecule has 2 aromatic rings. The van der Waals surface area contributed by atoms with E-state index >= 15 is 0 Å². The summed E-state index contributed by atoms with van der Waals surface area (Å²) in [5.41, 5.74) is 3.02. The van der Waals surface area contributed by atoms with Crippen molar-refractivity contribution in [1.82, 2.24) is 14.8 Å². The van der Waals surface area contributed by atoms with Gasteiger partial charge in [0.2, 0.25) is 0 Å². The predicted molar refractivity (Wildman–Crippen MR) is 105 cm³/mol. The third kappa shape index (κ3) is 4.92. The molecule has 1 aliphatic heterocycles. The Morgan fingerprint density at radius 2 is 2.04 bits per heavy atom. The Morgan fingerprint density at radius 1 is 1.23 bits per heavy atom. The molecule has 138 valence electrons. The zero-order valence-electron chi connectivity index (χ0n) is 15.9. The number of hydrogen-bond acceptors (Lipinski definition) is 3. The van der Waals surface area contributed by atoms with Gasteiger partial charge in [-0.2, -0.15) is 0 Å². The molecule has 4 heteroatoms. The molecule has 0 saturated carbocycles. The van der Waals surface area contributed by atoms with Gasteiger partial charge in [0, 0.05) is 31.5 Å². The first-order valence-corrected chi connectivity index (χ1v) is 9.59. The van der Waals surface area contributed by atoms with Crippen LogP contribution >= 0.6 is 0 Å². The number of benzene rings is 1. The molecule has 0 radical (unpaired) electrons. The first-order chi connectivity index (χ1) is 12.6. The van der Waals surface area contributed by atoms with E-state index in [4.69, 9.17) is 0 Å². The van der Waals surface area contributed by atoms with Crippen LogP contribution in [-0.2, 0) is 6.42 Å². The lowest BCUT2D eigenvalue weighted by molar-refractivity contribution is 0.0616. The Bertz CT molecular complexity index is 699. The minimum atomic E-state index is 0.0774. The highest BCUT2D eigenvalue weighted by Gasteiger charge is 2.26. The standard InChI is InChI=1S/C22H29N3O/c1-18-12-13-20(16-23-18)22(26)24(2)21-11-7-15-25(17-21)14-6-10-19-8-4-3-5-9-19/h3-5,8-9,12-13,16,21H,6-7,10-11,14-15,17H2,1-2H3/t21-/m0/s1. The maximum Gasteiger partial charge on any atom is 0.255 e. The molecule has 1 aliphatic rings. The number of nitrogens with zero attached hydrogens (tertiary/aromatic N) is 3. The molecule has 1 saturated heterocycles. The molecule has 0 bridgehead atoms. The van der Waals surface area contributed by atoms with Gasteiger partial charge in [-0.15, -0.1) is 0 Å². The SMILES string of the molecule is Cc1ccc(C(=O)N(C)[C@H]2CCCN(CCCc3ccccc3)C2)cn1. The molecule has 1 aromatic heterocycles. The third-order valence-electron chi connectivity index (χ3n) is 5.29. The molecule has 1 atom stereocenters. The van der Waals surface area contributed by atoms with Crippen LogP contribution in [0, 0.1) is 6.92 Å². The Kier molecular flexibility index (Phi) is 6.40. The summed E-state index contributed by atoms with van der Waals surface area (Å²) in [6.07, 6.45) is 6.20. The molecule has 0 aliphatic carbocycles. The number of carbonyl (C=O) groups excluding carboxylic acids is 1. The van der Waals surface area contributed by atoms with Crippen molar-refractivity contribution in [2.75, 3.05) is 26.7 Å². The van der Waals surface area contributed by atoms with Gasteiger partial charge in [-0.05, 0) is 63.4 Å². The quantitative estimate of drug-likeness (QED) is 0.798. The summed E-state index contributed by atoms with van der Waals surface area (Å²) in [6, 6.07) is 14.7. The first kappa shape index (κ1) is 18.6. The molecular formula is C22H29N3O. The summed E-state index contributed by atoms with van der Waals surface area (Å²) in [6.45, 7) is 5.14. The van der Waals surface area contributed by atoms with Crippen LogP contribution in [0.2, 0.25) is 0 Å². The predicted octanol–water partition coefficient (Wildman–Crippen LogP) is 3.56. The van der Waals surface area contributed by atoms with Crippen LogP contribution in [0.15, 0.2) is 48.7 Å². The molecule has 1 amide bonds. The van der Waals surface area contributed by atoms with E-state index in [1.807, 2.05) is 31.0 Å². The molecule has 0 unspecified atom stereocenters. The van der Waals surface area contributed by atoms with Crippen LogP contribution in [0.4, 0.5) is 0 Å². The lowest BCUT2D eigenvalue weighted by Crippen LogP contribution is -2.48. The number of hydrogen-bond donors (Lipinski definition) is 0. The van der Waals surface area contributed by atoms with Gasteiger partial charge >= 0.3 is 0 Å². The average molecular weight is 351 g/mol. The molecule has 0 N–H and O–H groups in total. The number of likely N-dealkylation sites (N-methyl/N-ethyl adjacent to an activating group) is 1. The Balaban J connectivity index is 1.50. The fourth-order valence-electron chi connectivity index (χ4n) is 3.67. The van der Waals surface area contributed by atoms with Gasteiger partial charge in [-0.1, -0.05) is 30.3 Å². The highest BCUT2D eigenvalue weighted by atomic mass is 16.2. The fraction of sp³-hybridized carbons (Fsp3) is 0.455. The van der Waals surface area contributed by atoms with Gasteiger partial charge < -0.3 is 9.80 Å².